The summed E-state index contributed by atoms with van der Waals surface area (Å²) in [6.07, 6.45) is 0. The molecule has 0 N–H and O–H groups in total. The van der Waals surface area contributed by atoms with Gasteiger partial charge in [0.2, 0.25) is 11.7 Å². The quantitative estimate of drug-likeness (QED) is 0.605. The van der Waals surface area contributed by atoms with Crippen LogP contribution in [0.5, 0.6) is 11.5 Å². The highest BCUT2D eigenvalue weighted by molar-refractivity contribution is 6.30. The van der Waals surface area contributed by atoms with Crippen LogP contribution in [0.4, 0.5) is 0 Å². The molecule has 9 heteroatoms. The fourth-order valence-electron chi connectivity index (χ4n) is 2.59. The van der Waals surface area contributed by atoms with Gasteiger partial charge >= 0.3 is 0 Å². The molecular formula is C19H20ClN5O3. The molecule has 146 valence electrons. The van der Waals surface area contributed by atoms with E-state index >= 15 is 0 Å². The van der Waals surface area contributed by atoms with Gasteiger partial charge in [-0.2, -0.15) is 4.80 Å². The molecule has 0 saturated carbocycles. The Balaban J connectivity index is 1.65. The molecule has 0 saturated heterocycles. The summed E-state index contributed by atoms with van der Waals surface area (Å²) >= 11 is 5.89. The minimum Gasteiger partial charge on any atom is -0.497 e. The number of hydrogen-bond acceptors (Lipinski definition) is 6. The number of hydrogen-bond donors (Lipinski definition) is 0. The molecule has 3 rings (SSSR count). The molecule has 1 aromatic heterocycles. The average Bonchev–Trinajstić information content (AvgIpc) is 3.17. The average molecular weight is 402 g/mol. The lowest BCUT2D eigenvalue weighted by molar-refractivity contribution is -0.131. The highest BCUT2D eigenvalue weighted by Gasteiger charge is 2.15. The highest BCUT2D eigenvalue weighted by atomic mass is 35.5. The lowest BCUT2D eigenvalue weighted by Gasteiger charge is -2.19. The standard InChI is InChI=1S/C19H20ClN5O3/c1-24(11-14-6-9-16(27-2)10-17(14)28-3)18(26)12-25-22-19(21-23-25)13-4-7-15(20)8-5-13/h4-10H,11-12H2,1-3H3. The largest absolute Gasteiger partial charge is 0.497 e. The first-order chi connectivity index (χ1) is 13.5. The number of benzene rings is 2. The maximum absolute atomic E-state index is 12.5. The van der Waals surface area contributed by atoms with Crippen LogP contribution in [0.3, 0.4) is 0 Å². The molecule has 0 unspecified atom stereocenters. The van der Waals surface area contributed by atoms with Crippen molar-refractivity contribution in [3.05, 3.63) is 53.1 Å². The minimum atomic E-state index is -0.155. The summed E-state index contributed by atoms with van der Waals surface area (Å²) in [5.74, 6) is 1.63. The van der Waals surface area contributed by atoms with Crippen molar-refractivity contribution >= 4 is 17.5 Å². The van der Waals surface area contributed by atoms with E-state index in [0.717, 1.165) is 11.1 Å². The van der Waals surface area contributed by atoms with Crippen LogP contribution in [0.25, 0.3) is 11.4 Å². The van der Waals surface area contributed by atoms with E-state index in [2.05, 4.69) is 15.4 Å². The van der Waals surface area contributed by atoms with Gasteiger partial charge in [0.25, 0.3) is 0 Å². The first kappa shape index (κ1) is 19.6. The zero-order valence-electron chi connectivity index (χ0n) is 15.8. The van der Waals surface area contributed by atoms with Crippen molar-refractivity contribution in [2.24, 2.45) is 0 Å². The zero-order chi connectivity index (χ0) is 20.1. The number of amides is 1. The Hall–Kier alpha value is -3.13. The lowest BCUT2D eigenvalue weighted by atomic mass is 10.2. The zero-order valence-corrected chi connectivity index (χ0v) is 16.6. The molecule has 0 radical (unpaired) electrons. The van der Waals surface area contributed by atoms with E-state index in [-0.39, 0.29) is 12.5 Å². The third-order valence-electron chi connectivity index (χ3n) is 4.16. The van der Waals surface area contributed by atoms with E-state index in [1.54, 1.807) is 56.5 Å². The Morgan fingerprint density at radius 2 is 1.89 bits per heavy atom. The van der Waals surface area contributed by atoms with Crippen LogP contribution < -0.4 is 9.47 Å². The maximum atomic E-state index is 12.5. The Morgan fingerprint density at radius 3 is 2.57 bits per heavy atom. The molecule has 0 spiro atoms. The second kappa shape index (κ2) is 8.71. The van der Waals surface area contributed by atoms with E-state index in [1.165, 1.54) is 4.80 Å². The predicted octanol–water partition coefficient (Wildman–Crippen LogP) is 2.67. The third kappa shape index (κ3) is 4.58. The molecule has 1 amide bonds. The third-order valence-corrected chi connectivity index (χ3v) is 4.41. The Labute approximate surface area is 167 Å². The molecule has 3 aromatic rings. The number of likely N-dealkylation sites (N-methyl/N-ethyl adjacent to an activating group) is 1. The summed E-state index contributed by atoms with van der Waals surface area (Å²) in [6, 6.07) is 12.6. The topological polar surface area (TPSA) is 82.4 Å². The number of ether oxygens (including phenoxy) is 2. The van der Waals surface area contributed by atoms with Crippen LogP contribution in [-0.4, -0.2) is 52.3 Å². The Morgan fingerprint density at radius 1 is 1.14 bits per heavy atom. The second-order valence-corrected chi connectivity index (χ2v) is 6.51. The first-order valence-corrected chi connectivity index (χ1v) is 8.86. The molecule has 0 atom stereocenters. The van der Waals surface area contributed by atoms with Crippen molar-refractivity contribution in [1.29, 1.82) is 0 Å². The highest BCUT2D eigenvalue weighted by Crippen LogP contribution is 2.25. The van der Waals surface area contributed by atoms with Crippen LogP contribution in [0.1, 0.15) is 5.56 Å². The van der Waals surface area contributed by atoms with Gasteiger partial charge in [0.05, 0.1) is 14.2 Å². The fourth-order valence-corrected chi connectivity index (χ4v) is 2.72. The summed E-state index contributed by atoms with van der Waals surface area (Å²) in [6.45, 7) is 0.361. The van der Waals surface area contributed by atoms with Crippen molar-refractivity contribution in [3.63, 3.8) is 0 Å². The maximum Gasteiger partial charge on any atom is 0.246 e. The molecule has 8 nitrogen and oxygen atoms in total. The Kier molecular flexibility index (Phi) is 6.10. The van der Waals surface area contributed by atoms with Crippen molar-refractivity contribution in [3.8, 4) is 22.9 Å². The molecule has 0 fully saturated rings. The SMILES string of the molecule is COc1ccc(CN(C)C(=O)Cn2nnc(-c3ccc(Cl)cc3)n2)c(OC)c1. The molecular weight excluding hydrogens is 382 g/mol. The minimum absolute atomic E-state index is 0.0183. The van der Waals surface area contributed by atoms with Crippen molar-refractivity contribution in [2.45, 2.75) is 13.1 Å². The van der Waals surface area contributed by atoms with Gasteiger partial charge in [-0.1, -0.05) is 11.6 Å². The fraction of sp³-hybridized carbons (Fsp3) is 0.263. The normalized spacial score (nSPS) is 10.6. The summed E-state index contributed by atoms with van der Waals surface area (Å²) in [5.41, 5.74) is 1.65. The van der Waals surface area contributed by atoms with Gasteiger partial charge in [0.15, 0.2) is 0 Å². The van der Waals surface area contributed by atoms with Gasteiger partial charge in [-0.15, -0.1) is 10.2 Å². The molecule has 0 aliphatic carbocycles. The number of rotatable bonds is 7. The molecule has 0 aliphatic rings. The van der Waals surface area contributed by atoms with E-state index in [0.29, 0.717) is 28.9 Å². The van der Waals surface area contributed by atoms with Gasteiger partial charge in [0, 0.05) is 35.8 Å². The Bertz CT molecular complexity index is 958. The van der Waals surface area contributed by atoms with E-state index in [4.69, 9.17) is 21.1 Å². The van der Waals surface area contributed by atoms with Gasteiger partial charge in [-0.3, -0.25) is 4.79 Å². The number of aromatic nitrogens is 4. The molecule has 28 heavy (non-hydrogen) atoms. The number of halogens is 1. The van der Waals surface area contributed by atoms with E-state index in [1.807, 2.05) is 12.1 Å². The first-order valence-electron chi connectivity index (χ1n) is 8.48. The van der Waals surface area contributed by atoms with Gasteiger partial charge in [0.1, 0.15) is 18.0 Å². The van der Waals surface area contributed by atoms with Crippen LogP contribution >= 0.6 is 11.6 Å². The van der Waals surface area contributed by atoms with Crippen LogP contribution in [0.15, 0.2) is 42.5 Å². The second-order valence-electron chi connectivity index (χ2n) is 6.08. The predicted molar refractivity (Wildman–Crippen MR) is 104 cm³/mol. The van der Waals surface area contributed by atoms with Crippen LogP contribution in [-0.2, 0) is 17.9 Å². The van der Waals surface area contributed by atoms with Crippen LogP contribution in [0, 0.1) is 0 Å². The molecule has 2 aromatic carbocycles. The number of carbonyl (C=O) groups is 1. The van der Waals surface area contributed by atoms with Gasteiger partial charge in [-0.25, -0.2) is 0 Å². The number of tetrazole rings is 1. The summed E-state index contributed by atoms with van der Waals surface area (Å²) in [4.78, 5) is 15.4. The molecule has 0 aliphatic heterocycles. The molecule has 0 bridgehead atoms. The van der Waals surface area contributed by atoms with Gasteiger partial charge in [-0.05, 0) is 41.6 Å². The molecule has 1 heterocycles. The summed E-state index contributed by atoms with van der Waals surface area (Å²) in [5, 5.41) is 12.8. The van der Waals surface area contributed by atoms with Crippen molar-refractivity contribution in [1.82, 2.24) is 25.1 Å². The lowest BCUT2D eigenvalue weighted by Crippen LogP contribution is -2.30. The van der Waals surface area contributed by atoms with Gasteiger partial charge < -0.3 is 14.4 Å². The van der Waals surface area contributed by atoms with Crippen molar-refractivity contribution in [2.75, 3.05) is 21.3 Å². The van der Waals surface area contributed by atoms with Crippen LogP contribution in [0.2, 0.25) is 5.02 Å². The smallest absolute Gasteiger partial charge is 0.246 e. The summed E-state index contributed by atoms with van der Waals surface area (Å²) in [7, 11) is 4.88. The number of nitrogens with zero attached hydrogens (tertiary/aromatic N) is 5. The summed E-state index contributed by atoms with van der Waals surface area (Å²) < 4.78 is 10.6. The number of carbonyl (C=O) groups excluding carboxylic acids is 1. The van der Waals surface area contributed by atoms with E-state index in [9.17, 15) is 4.79 Å². The number of methoxy groups -OCH3 is 2. The van der Waals surface area contributed by atoms with Crippen molar-refractivity contribution < 1.29 is 14.3 Å². The monoisotopic (exact) mass is 401 g/mol. The van der Waals surface area contributed by atoms with E-state index < -0.39 is 0 Å².